The van der Waals surface area contributed by atoms with Gasteiger partial charge in [-0.05, 0) is 29.8 Å². The first-order chi connectivity index (χ1) is 9.15. The predicted molar refractivity (Wildman–Crippen MR) is 67.1 cm³/mol. The van der Waals surface area contributed by atoms with Crippen LogP contribution in [-0.4, -0.2) is 26.4 Å². The van der Waals surface area contributed by atoms with Crippen molar-refractivity contribution in [1.29, 1.82) is 0 Å². The minimum Gasteiger partial charge on any atom is -0.504 e. The van der Waals surface area contributed by atoms with Crippen LogP contribution in [0.2, 0.25) is 0 Å². The molecule has 0 radical (unpaired) electrons. The van der Waals surface area contributed by atoms with Crippen molar-refractivity contribution in [2.24, 2.45) is 0 Å². The number of benzene rings is 1. The van der Waals surface area contributed by atoms with Gasteiger partial charge in [-0.2, -0.15) is 0 Å². The van der Waals surface area contributed by atoms with E-state index in [9.17, 15) is 15.3 Å². The van der Waals surface area contributed by atoms with Crippen LogP contribution in [-0.2, 0) is 6.42 Å². The smallest absolute Gasteiger partial charge is 0.157 e. The number of aliphatic hydroxyl groups is 1. The number of ether oxygens (including phenoxy) is 1. The molecule has 2 aromatic rings. The van der Waals surface area contributed by atoms with Crippen molar-refractivity contribution in [2.45, 2.75) is 18.6 Å². The molecule has 0 saturated heterocycles. The molecule has 5 nitrogen and oxygen atoms in total. The monoisotopic (exact) mass is 259 g/mol. The second-order valence-electron chi connectivity index (χ2n) is 4.51. The van der Waals surface area contributed by atoms with E-state index in [-0.39, 0.29) is 11.5 Å². The number of phenolic OH excluding ortho intramolecular Hbond substituents is 2. The van der Waals surface area contributed by atoms with Crippen molar-refractivity contribution in [3.8, 4) is 17.2 Å². The molecule has 3 rings (SSSR count). The number of hydrogen-bond donors (Lipinski definition) is 3. The number of aromatic hydroxyl groups is 2. The first-order valence-corrected chi connectivity index (χ1v) is 5.95. The second kappa shape index (κ2) is 4.44. The Bertz CT molecular complexity index is 614. The largest absolute Gasteiger partial charge is 0.504 e. The summed E-state index contributed by atoms with van der Waals surface area (Å²) >= 11 is 0. The fourth-order valence-electron chi connectivity index (χ4n) is 2.21. The molecule has 19 heavy (non-hydrogen) atoms. The Morgan fingerprint density at radius 3 is 2.79 bits per heavy atom. The minimum atomic E-state index is -0.744. The summed E-state index contributed by atoms with van der Waals surface area (Å²) in [6.45, 7) is 0. The van der Waals surface area contributed by atoms with E-state index in [0.717, 1.165) is 0 Å². The molecule has 0 saturated carbocycles. The Hall–Kier alpha value is -2.27. The van der Waals surface area contributed by atoms with E-state index in [1.807, 2.05) is 0 Å². The topological polar surface area (TPSA) is 82.8 Å². The summed E-state index contributed by atoms with van der Waals surface area (Å²) in [7, 11) is 0. The molecule has 1 aliphatic rings. The summed E-state index contributed by atoms with van der Waals surface area (Å²) in [5, 5.41) is 28.9. The third-order valence-corrected chi connectivity index (χ3v) is 3.18. The average Bonchev–Trinajstić information content (AvgIpc) is 2.41. The number of aliphatic hydroxyl groups excluding tert-OH is 1. The van der Waals surface area contributed by atoms with Crippen molar-refractivity contribution in [3.63, 3.8) is 0 Å². The lowest BCUT2D eigenvalue weighted by molar-refractivity contribution is 0.0191. The highest BCUT2D eigenvalue weighted by molar-refractivity contribution is 5.42. The molecule has 2 heterocycles. The third-order valence-electron chi connectivity index (χ3n) is 3.18. The van der Waals surface area contributed by atoms with Crippen molar-refractivity contribution >= 4 is 0 Å². The van der Waals surface area contributed by atoms with Gasteiger partial charge in [-0.15, -0.1) is 0 Å². The van der Waals surface area contributed by atoms with Crippen LogP contribution in [0.1, 0.15) is 17.4 Å². The lowest BCUT2D eigenvalue weighted by Crippen LogP contribution is -2.30. The van der Waals surface area contributed by atoms with Crippen LogP contribution in [0.25, 0.3) is 0 Å². The molecule has 0 bridgehead atoms. The van der Waals surface area contributed by atoms with Crippen LogP contribution in [0.15, 0.2) is 36.5 Å². The molecule has 1 aromatic heterocycles. The summed E-state index contributed by atoms with van der Waals surface area (Å²) in [5.74, 6) is 0.201. The molecular weight excluding hydrogens is 246 g/mol. The van der Waals surface area contributed by atoms with Crippen molar-refractivity contribution in [3.05, 3.63) is 47.8 Å². The fraction of sp³-hybridized carbons (Fsp3) is 0.214. The van der Waals surface area contributed by atoms with E-state index in [2.05, 4.69) is 4.98 Å². The maximum Gasteiger partial charge on any atom is 0.157 e. The van der Waals surface area contributed by atoms with Crippen molar-refractivity contribution < 1.29 is 20.1 Å². The van der Waals surface area contributed by atoms with Gasteiger partial charge in [0, 0.05) is 12.6 Å². The molecule has 0 unspecified atom stereocenters. The van der Waals surface area contributed by atoms with Gasteiger partial charge in [0.2, 0.25) is 0 Å². The molecule has 98 valence electrons. The predicted octanol–water partition coefficient (Wildman–Crippen LogP) is 1.53. The number of rotatable bonds is 1. The zero-order chi connectivity index (χ0) is 13.4. The highest BCUT2D eigenvalue weighted by atomic mass is 16.5. The molecule has 0 amide bonds. The zero-order valence-electron chi connectivity index (χ0n) is 10.0. The molecule has 2 atom stereocenters. The SMILES string of the molecule is Oc1ccc([C@H]2Oc3cccnc3C[C@H]2O)cc1O. The molecule has 1 aromatic carbocycles. The van der Waals surface area contributed by atoms with Crippen LogP contribution in [0.3, 0.4) is 0 Å². The number of nitrogens with zero attached hydrogens (tertiary/aromatic N) is 1. The zero-order valence-corrected chi connectivity index (χ0v) is 10.0. The first kappa shape index (κ1) is 11.8. The standard InChI is InChI=1S/C14H13NO4/c16-10-4-3-8(6-11(10)17)14-12(18)7-9-13(19-14)2-1-5-15-9/h1-6,12,14,16-18H,7H2/t12-,14-/m1/s1. The van der Waals surface area contributed by atoms with Gasteiger partial charge in [0.15, 0.2) is 17.6 Å². The maximum absolute atomic E-state index is 10.1. The molecule has 1 aliphatic heterocycles. The maximum atomic E-state index is 10.1. The molecule has 3 N–H and O–H groups in total. The van der Waals surface area contributed by atoms with Gasteiger partial charge in [-0.1, -0.05) is 6.07 Å². The minimum absolute atomic E-state index is 0.198. The Kier molecular flexibility index (Phi) is 2.76. The fourth-order valence-corrected chi connectivity index (χ4v) is 2.21. The summed E-state index contributed by atoms with van der Waals surface area (Å²) < 4.78 is 5.72. The van der Waals surface area contributed by atoms with E-state index >= 15 is 0 Å². The number of aromatic nitrogens is 1. The number of hydrogen-bond acceptors (Lipinski definition) is 5. The van der Waals surface area contributed by atoms with Crippen LogP contribution in [0.5, 0.6) is 17.2 Å². The van der Waals surface area contributed by atoms with Crippen LogP contribution < -0.4 is 4.74 Å². The number of pyridine rings is 1. The molecule has 0 spiro atoms. The Labute approximate surface area is 109 Å². The third kappa shape index (κ3) is 2.08. The molecule has 5 heteroatoms. The number of fused-ring (bicyclic) bond motifs is 1. The van der Waals surface area contributed by atoms with Gasteiger partial charge in [0.25, 0.3) is 0 Å². The van der Waals surface area contributed by atoms with Gasteiger partial charge in [-0.25, -0.2) is 0 Å². The quantitative estimate of drug-likeness (QED) is 0.676. The van der Waals surface area contributed by atoms with Gasteiger partial charge in [0.1, 0.15) is 11.9 Å². The van der Waals surface area contributed by atoms with Gasteiger partial charge in [0.05, 0.1) is 5.69 Å². The van der Waals surface area contributed by atoms with E-state index in [1.165, 1.54) is 12.1 Å². The normalized spacial score (nSPS) is 21.5. The Balaban J connectivity index is 1.96. The number of phenols is 2. The van der Waals surface area contributed by atoms with Crippen molar-refractivity contribution in [1.82, 2.24) is 4.98 Å². The first-order valence-electron chi connectivity index (χ1n) is 5.95. The van der Waals surface area contributed by atoms with Crippen LogP contribution in [0.4, 0.5) is 0 Å². The van der Waals surface area contributed by atoms with E-state index in [0.29, 0.717) is 23.4 Å². The van der Waals surface area contributed by atoms with Gasteiger partial charge >= 0.3 is 0 Å². The Morgan fingerprint density at radius 1 is 1.16 bits per heavy atom. The lowest BCUT2D eigenvalue weighted by Gasteiger charge is -2.30. The molecule has 0 aliphatic carbocycles. The summed E-state index contributed by atoms with van der Waals surface area (Å²) in [5.41, 5.74) is 1.33. The summed E-state index contributed by atoms with van der Waals surface area (Å²) in [4.78, 5) is 4.16. The lowest BCUT2D eigenvalue weighted by atomic mass is 9.97. The highest BCUT2D eigenvalue weighted by Crippen LogP contribution is 2.36. The summed E-state index contributed by atoms with van der Waals surface area (Å²) in [6, 6.07) is 7.94. The highest BCUT2D eigenvalue weighted by Gasteiger charge is 2.30. The van der Waals surface area contributed by atoms with Crippen LogP contribution >= 0.6 is 0 Å². The molecular formula is C14H13NO4. The van der Waals surface area contributed by atoms with E-state index < -0.39 is 12.2 Å². The summed E-state index contributed by atoms with van der Waals surface area (Å²) in [6.07, 6.45) is 0.721. The van der Waals surface area contributed by atoms with Gasteiger partial charge in [-0.3, -0.25) is 4.98 Å². The second-order valence-corrected chi connectivity index (χ2v) is 4.51. The average molecular weight is 259 g/mol. The Morgan fingerprint density at radius 2 is 2.00 bits per heavy atom. The van der Waals surface area contributed by atoms with Gasteiger partial charge < -0.3 is 20.1 Å². The van der Waals surface area contributed by atoms with E-state index in [1.54, 1.807) is 24.4 Å². The van der Waals surface area contributed by atoms with Crippen LogP contribution in [0, 0.1) is 0 Å². The molecule has 0 fully saturated rings. The van der Waals surface area contributed by atoms with Crippen molar-refractivity contribution in [2.75, 3.05) is 0 Å². The van der Waals surface area contributed by atoms with E-state index in [4.69, 9.17) is 4.74 Å².